The first kappa shape index (κ1) is 140. The average Bonchev–Trinajstić information content (AvgIpc) is 1.82. The van der Waals surface area contributed by atoms with Crippen LogP contribution in [0.4, 0.5) is 0 Å². The fraction of sp³-hybridized carbons (Fsp3) is 0.629. The summed E-state index contributed by atoms with van der Waals surface area (Å²) < 4.78 is 0. The second-order valence-corrected chi connectivity index (χ2v) is 32.3. The number of H-pyrrole nitrogens is 1. The highest BCUT2D eigenvalue weighted by atomic mass is 16.3. The number of likely N-dealkylation sites (tertiary alicyclic amines) is 2. The Kier molecular flexibility index (Phi) is 95.0. The van der Waals surface area contributed by atoms with Crippen molar-refractivity contribution in [2.45, 2.75) is 303 Å². The van der Waals surface area contributed by atoms with Crippen molar-refractivity contribution in [2.24, 2.45) is 34.6 Å². The third-order valence-electron chi connectivity index (χ3n) is 17.7. The largest absolute Gasteiger partial charge is 0.391 e. The molecular weight excluding hydrogens is 1810 g/mol. The maximum atomic E-state index is 14.1. The van der Waals surface area contributed by atoms with Gasteiger partial charge in [0.05, 0.1) is 70.6 Å². The van der Waals surface area contributed by atoms with Crippen molar-refractivity contribution in [1.29, 1.82) is 5.41 Å². The van der Waals surface area contributed by atoms with E-state index in [4.69, 9.17) is 33.1 Å². The number of nitrogens with zero attached hydrogens (tertiary/aromatic N) is 4. The molecule has 2 saturated heterocycles. The van der Waals surface area contributed by atoms with Crippen LogP contribution in [0.25, 0.3) is 0 Å². The summed E-state index contributed by atoms with van der Waals surface area (Å²) in [5.41, 5.74) is 26.5. The highest BCUT2D eigenvalue weighted by molar-refractivity contribution is 5.97. The molecule has 3 aromatic rings. The van der Waals surface area contributed by atoms with Gasteiger partial charge in [-0.1, -0.05) is 182 Å². The molecule has 24 N–H and O–H groups in total. The van der Waals surface area contributed by atoms with Gasteiger partial charge in [-0.15, -0.1) is 0 Å². The quantitative estimate of drug-likeness (QED) is 0.0167. The van der Waals surface area contributed by atoms with Crippen molar-refractivity contribution >= 4 is 125 Å². The molecule has 2 aliphatic heterocycles. The maximum Gasteiger partial charge on any atom is 0.247 e. The summed E-state index contributed by atoms with van der Waals surface area (Å²) in [5.74, 6) is -7.39. The lowest BCUT2D eigenvalue weighted by molar-refractivity contribution is -0.138. The normalized spacial score (nSPS) is 12.0. The van der Waals surface area contributed by atoms with Crippen molar-refractivity contribution in [1.82, 2.24) is 83.2 Å². The van der Waals surface area contributed by atoms with Crippen LogP contribution in [-0.4, -0.2) is 276 Å². The molecule has 0 bridgehead atoms. The van der Waals surface area contributed by atoms with Crippen molar-refractivity contribution in [2.75, 3.05) is 91.6 Å². The number of nitrogens with one attached hydrogen (secondary N) is 13. The number of aromatic amines is 1. The van der Waals surface area contributed by atoms with E-state index < -0.39 is 135 Å². The molecule has 0 spiro atoms. The van der Waals surface area contributed by atoms with Crippen molar-refractivity contribution in [3.63, 3.8) is 0 Å². The summed E-state index contributed by atoms with van der Waals surface area (Å²) in [6.07, 6.45) is 20.7. The molecule has 0 radical (unpaired) electrons. The Bertz CT molecular complexity index is 3920. The number of aliphatic hydroxyl groups is 1. The minimum atomic E-state index is -1.34. The van der Waals surface area contributed by atoms with E-state index in [0.717, 1.165) is 70.9 Å². The number of nitrogens with two attached hydrogens (primary N) is 5. The lowest BCUT2D eigenvalue weighted by atomic mass is 10.0. The summed E-state index contributed by atoms with van der Waals surface area (Å²) in [4.78, 5) is 244. The van der Waals surface area contributed by atoms with E-state index in [0.29, 0.717) is 86.7 Å². The lowest BCUT2D eigenvalue weighted by Gasteiger charge is -2.26. The van der Waals surface area contributed by atoms with Gasteiger partial charge in [-0.25, -0.2) is 4.98 Å². The molecule has 1 unspecified atom stereocenters. The number of amidine groups is 1. The first-order chi connectivity index (χ1) is 66.3. The van der Waals surface area contributed by atoms with Gasteiger partial charge in [-0.2, -0.15) is 0 Å². The highest BCUT2D eigenvalue weighted by Gasteiger charge is 2.33. The number of benzene rings is 2. The van der Waals surface area contributed by atoms with Crippen LogP contribution in [0.15, 0.2) is 73.2 Å². The molecule has 43 heteroatoms. The number of rotatable bonds is 48. The molecular formula is C97H172N22O21. The molecule has 17 amide bonds. The molecule has 1 aromatic heterocycles. The zero-order valence-electron chi connectivity index (χ0n) is 86.5. The molecule has 3 heterocycles. The van der Waals surface area contributed by atoms with E-state index in [2.05, 4.69) is 123 Å². The van der Waals surface area contributed by atoms with Crippen LogP contribution in [0.2, 0.25) is 0 Å². The van der Waals surface area contributed by atoms with Gasteiger partial charge in [0.2, 0.25) is 101 Å². The highest BCUT2D eigenvalue weighted by Crippen LogP contribution is 2.14. The van der Waals surface area contributed by atoms with Crippen molar-refractivity contribution in [3.8, 4) is 0 Å². The lowest BCUT2D eigenvalue weighted by Crippen LogP contribution is -2.58. The molecule has 0 aliphatic carbocycles. The van der Waals surface area contributed by atoms with Gasteiger partial charge >= 0.3 is 0 Å². The molecule has 5 rings (SSSR count). The summed E-state index contributed by atoms with van der Waals surface area (Å²) >= 11 is 0. The number of Topliss-reactive ketones (excluding diaryl/α,β-unsaturated/α-hetero) is 2. The zero-order valence-corrected chi connectivity index (χ0v) is 86.5. The number of hydrogen-bond donors (Lipinski definition) is 19. The van der Waals surface area contributed by atoms with E-state index in [1.54, 1.807) is 79.4 Å². The van der Waals surface area contributed by atoms with Crippen LogP contribution in [0.3, 0.4) is 0 Å². The molecule has 2 aliphatic rings. The van der Waals surface area contributed by atoms with Gasteiger partial charge in [0.15, 0.2) is 0 Å². The second-order valence-electron chi connectivity index (χ2n) is 32.3. The number of carbonyl (C=O) groups is 20. The van der Waals surface area contributed by atoms with Crippen LogP contribution < -0.4 is 87.2 Å². The zero-order chi connectivity index (χ0) is 108. The topological polar surface area (TPSA) is 686 Å². The first-order valence-corrected chi connectivity index (χ1v) is 48.1. The number of aldehydes is 1. The predicted molar refractivity (Wildman–Crippen MR) is 541 cm³/mol. The summed E-state index contributed by atoms with van der Waals surface area (Å²) in [6, 6.07) is 12.6. The molecule has 2 fully saturated rings. The van der Waals surface area contributed by atoms with E-state index >= 15 is 0 Å². The molecule has 43 nitrogen and oxygen atoms in total. The van der Waals surface area contributed by atoms with E-state index in [9.17, 15) is 96.2 Å². The fourth-order valence-corrected chi connectivity index (χ4v) is 10.8. The van der Waals surface area contributed by atoms with Crippen molar-refractivity contribution in [3.05, 3.63) is 90.0 Å². The number of ketones is 2. The Labute approximate surface area is 829 Å². The third kappa shape index (κ3) is 90.2. The smallest absolute Gasteiger partial charge is 0.247 e. The van der Waals surface area contributed by atoms with Crippen LogP contribution in [-0.2, 0) is 115 Å². The molecule has 0 saturated carbocycles. The van der Waals surface area contributed by atoms with Crippen LogP contribution in [0.5, 0.6) is 0 Å². The number of primary amides is 3. The number of hydrogen-bond acceptors (Lipinski definition) is 24. The van der Waals surface area contributed by atoms with E-state index in [-0.39, 0.29) is 79.9 Å². The molecule has 2 aromatic carbocycles. The van der Waals surface area contributed by atoms with E-state index in [1.807, 2.05) is 32.6 Å². The van der Waals surface area contributed by atoms with Gasteiger partial charge in [-0.05, 0) is 116 Å². The van der Waals surface area contributed by atoms with Gasteiger partial charge < -0.3 is 126 Å². The Morgan fingerprint density at radius 3 is 1.31 bits per heavy atom. The number of aliphatic hydroxyl groups excluding tert-OH is 1. The number of aromatic nitrogens is 2. The predicted octanol–water partition coefficient (Wildman–Crippen LogP) is 3.01. The van der Waals surface area contributed by atoms with Crippen LogP contribution in [0, 0.1) is 11.3 Å². The van der Waals surface area contributed by atoms with Crippen LogP contribution in [0.1, 0.15) is 270 Å². The van der Waals surface area contributed by atoms with Gasteiger partial charge in [0.1, 0.15) is 42.0 Å². The van der Waals surface area contributed by atoms with Gasteiger partial charge in [0, 0.05) is 103 Å². The number of amides is 17. The standard InChI is InChI=1S/C42H55N13O11.C15H28N4O3.C8H16N2O2.C8H15NO.C4H11N.C4H8O.C3H6O.3C3H8.C2H5NO.C2H4O/c1-2-13-55(39(63)23-49-34(58)19-45-26-56)24-38(62)48-20-35(59)47-22-37(61)52-32(16-29-17-44-25-51-29)42(66)54-31(15-28-11-7-4-8-12-28)41(65)53-30(14-27-9-5-3-6-10-27)40(64)50-21-36(60)46-18-33(43)57;1-11(20)14(15(22)19-9-5-6-10-19)18-13(21)8-4-2-3-7-12(16)17;1-3-6(2)4-8(12)10-5-7(9)11;1-2-5-8(10)9-6-3-4-7-9;1-2-3-4-5;1-3-4(2)5;1-3(2)4;3*1-3-2;1-2(3)4;1-2-3/h3-12,17,25-26,30-32H,2,13-16,18-24H2,1H3,(H2,43,57)(H,44,51)(H,45,56)(H,46,60)(H,47,59)(H,48,62)(H,49,58)(H,50,64)(H,52,61)(H,53,65)(H,54,66);11,14,20H,2-10H2,1H3,(H3,16,17)(H,18,21);6H,3-5H2,1-2H3,(H2,9,11)(H,10,12);2-7H2,1H3;2-5H2,1H3;3H2,1-2H3;1-2H3;3*3H2,1-2H3;1H3,(H2,3,4);2H,1H3/t30-,31-,32-;11-,14?;6-;;;;;;;;;/m010........./s1. The van der Waals surface area contributed by atoms with Crippen LogP contribution >= 0.6 is 0 Å². The summed E-state index contributed by atoms with van der Waals surface area (Å²) in [6.45, 7) is 34.4. The fourth-order valence-electron chi connectivity index (χ4n) is 10.8. The third-order valence-corrected chi connectivity index (χ3v) is 17.7. The Morgan fingerprint density at radius 1 is 0.500 bits per heavy atom. The minimum absolute atomic E-state index is 0.0116. The monoisotopic (exact) mass is 1980 g/mol. The minimum Gasteiger partial charge on any atom is -0.391 e. The van der Waals surface area contributed by atoms with E-state index in [1.165, 1.54) is 97.0 Å². The molecule has 796 valence electrons. The molecule has 6 atom stereocenters. The second kappa shape index (κ2) is 95.0. The first-order valence-electron chi connectivity index (χ1n) is 48.1. The maximum absolute atomic E-state index is 14.1. The Morgan fingerprint density at radius 2 is 0.914 bits per heavy atom. The number of carbonyl (C=O) groups excluding carboxylic acids is 20. The summed E-state index contributed by atoms with van der Waals surface area (Å²) in [7, 11) is 0. The number of imidazole rings is 1. The Hall–Kier alpha value is -13.0. The van der Waals surface area contributed by atoms with Gasteiger partial charge in [0.25, 0.3) is 0 Å². The summed E-state index contributed by atoms with van der Waals surface area (Å²) in [5, 5.41) is 43.7. The average molecular weight is 1980 g/mol. The number of unbranched alkanes of at least 4 members (excludes halogenated alkanes) is 3. The van der Waals surface area contributed by atoms with Gasteiger partial charge in [-0.3, -0.25) is 86.9 Å². The SMILES string of the molecule is CC(C)=O.CC(N)=O.CC=O.CCC.CCC.CCC.CCC(C)=O.CCCC(=O)N1CCCC1.CCCCN.CCCN(CC(=O)NCC(=O)NCC(=O)N[C@@H](Cc1cnc[nH]1)C(=O)N[C@@H](Cc1ccccc1)C(=O)N[C@@H](Cc1ccccc1)C(=O)NCC(=O)NCC(N)=O)C(=O)CNC(=O)CNC=O.CC[C@H](C)CC(=O)NCC(N)=O.C[C@@H](O)C(NC(=O)CCCCCC(=N)N)C(=O)N1CCCC1. The Balaban J connectivity index is -0.000000380. The van der Waals surface area contributed by atoms with Crippen molar-refractivity contribution < 1.29 is 101 Å². The molecule has 140 heavy (non-hydrogen) atoms.